The fraction of sp³-hybridized carbons (Fsp3) is 0.816. The second-order valence-electron chi connectivity index (χ2n) is 12.5. The predicted octanol–water partition coefficient (Wildman–Crippen LogP) is 9.65. The van der Waals surface area contributed by atoms with Crippen molar-refractivity contribution in [3.63, 3.8) is 0 Å². The molecule has 0 saturated carbocycles. The molecule has 0 aliphatic heterocycles. The Kier molecular flexibility index (Phi) is 32.3. The van der Waals surface area contributed by atoms with E-state index in [2.05, 4.69) is 43.5 Å². The number of carbonyl (C=O) groups excluding carboxylic acids is 1. The van der Waals surface area contributed by atoms with Crippen LogP contribution in [0.2, 0.25) is 0 Å². The van der Waals surface area contributed by atoms with Crippen LogP contribution in [0.15, 0.2) is 36.5 Å². The molecule has 4 N–H and O–H groups in total. The average Bonchev–Trinajstić information content (AvgIpc) is 3.00. The summed E-state index contributed by atoms with van der Waals surface area (Å²) in [6.07, 6.45) is 39.8. The van der Waals surface area contributed by atoms with E-state index < -0.39 is 18.2 Å². The minimum atomic E-state index is -0.952. The van der Waals surface area contributed by atoms with Gasteiger partial charge in [-0.2, -0.15) is 0 Å². The summed E-state index contributed by atoms with van der Waals surface area (Å²) in [5, 5.41) is 32.9. The minimum absolute atomic E-state index is 0.00498. The maximum Gasteiger partial charge on any atom is 0.222 e. The highest BCUT2D eigenvalue weighted by Crippen LogP contribution is 2.12. The molecule has 252 valence electrons. The molecule has 0 rings (SSSR count). The van der Waals surface area contributed by atoms with Crippen molar-refractivity contribution in [3.8, 4) is 0 Å². The lowest BCUT2D eigenvalue weighted by molar-refractivity contribution is -0.124. The first-order chi connectivity index (χ1) is 21.0. The molecule has 3 unspecified atom stereocenters. The summed E-state index contributed by atoms with van der Waals surface area (Å²) in [5.41, 5.74) is 0. The molecular weight excluding hydrogens is 534 g/mol. The molecule has 0 aromatic carbocycles. The van der Waals surface area contributed by atoms with Crippen molar-refractivity contribution in [2.24, 2.45) is 0 Å². The summed E-state index contributed by atoms with van der Waals surface area (Å²) < 4.78 is 0. The lowest BCUT2D eigenvalue weighted by atomic mass is 10.0. The van der Waals surface area contributed by atoms with Crippen LogP contribution in [-0.2, 0) is 4.79 Å². The number of carbonyl (C=O) groups is 1. The van der Waals surface area contributed by atoms with Crippen LogP contribution >= 0.6 is 0 Å². The molecular formula is C38H71NO4. The van der Waals surface area contributed by atoms with Crippen molar-refractivity contribution in [2.75, 3.05) is 6.61 Å². The molecule has 1 amide bonds. The van der Waals surface area contributed by atoms with Gasteiger partial charge in [-0.1, -0.05) is 147 Å². The highest BCUT2D eigenvalue weighted by Gasteiger charge is 2.20. The number of aliphatic hydroxyl groups excluding tert-OH is 3. The maximum absolute atomic E-state index is 12.3. The van der Waals surface area contributed by atoms with Crippen LogP contribution in [0.5, 0.6) is 0 Å². The number of hydrogen-bond donors (Lipinski definition) is 4. The summed E-state index contributed by atoms with van der Waals surface area (Å²) in [4.78, 5) is 12.3. The summed E-state index contributed by atoms with van der Waals surface area (Å²) in [7, 11) is 0. The number of allylic oxidation sites excluding steroid dienone is 5. The quantitative estimate of drug-likeness (QED) is 0.0454. The fourth-order valence-electron chi connectivity index (χ4n) is 5.29. The zero-order valence-corrected chi connectivity index (χ0v) is 28.3. The van der Waals surface area contributed by atoms with E-state index in [-0.39, 0.29) is 18.9 Å². The molecule has 0 spiro atoms. The monoisotopic (exact) mass is 606 g/mol. The van der Waals surface area contributed by atoms with Crippen LogP contribution in [0.3, 0.4) is 0 Å². The Morgan fingerprint density at radius 2 is 1.00 bits per heavy atom. The van der Waals surface area contributed by atoms with Crippen molar-refractivity contribution >= 4 is 5.91 Å². The third-order valence-corrected chi connectivity index (χ3v) is 8.15. The summed E-state index contributed by atoms with van der Waals surface area (Å²) in [6, 6.07) is -0.762. The Morgan fingerprint density at radius 3 is 1.49 bits per heavy atom. The number of rotatable bonds is 32. The Morgan fingerprint density at radius 1 is 0.581 bits per heavy atom. The number of amides is 1. The molecule has 0 fully saturated rings. The molecule has 0 aliphatic rings. The molecule has 0 radical (unpaired) electrons. The van der Waals surface area contributed by atoms with Crippen LogP contribution in [0.25, 0.3) is 0 Å². The second kappa shape index (κ2) is 33.5. The molecule has 0 bridgehead atoms. The van der Waals surface area contributed by atoms with Gasteiger partial charge in [-0.3, -0.25) is 4.79 Å². The van der Waals surface area contributed by atoms with E-state index in [4.69, 9.17) is 0 Å². The van der Waals surface area contributed by atoms with Crippen LogP contribution < -0.4 is 5.32 Å². The molecule has 5 heteroatoms. The first-order valence-corrected chi connectivity index (χ1v) is 18.3. The van der Waals surface area contributed by atoms with Gasteiger partial charge in [0.1, 0.15) is 0 Å². The van der Waals surface area contributed by atoms with Crippen molar-refractivity contribution in [2.45, 2.75) is 193 Å². The van der Waals surface area contributed by atoms with E-state index in [9.17, 15) is 20.1 Å². The predicted molar refractivity (Wildman–Crippen MR) is 185 cm³/mol. The topological polar surface area (TPSA) is 89.8 Å². The number of unbranched alkanes of at least 4 members (excludes halogenated alkanes) is 19. The average molecular weight is 606 g/mol. The van der Waals surface area contributed by atoms with Crippen molar-refractivity contribution in [1.82, 2.24) is 5.32 Å². The Balaban J connectivity index is 3.80. The van der Waals surface area contributed by atoms with Gasteiger partial charge in [-0.15, -0.1) is 0 Å². The molecule has 0 heterocycles. The van der Waals surface area contributed by atoms with Crippen LogP contribution in [0, 0.1) is 0 Å². The van der Waals surface area contributed by atoms with E-state index >= 15 is 0 Å². The van der Waals surface area contributed by atoms with Crippen molar-refractivity contribution in [1.29, 1.82) is 0 Å². The van der Waals surface area contributed by atoms with Gasteiger partial charge in [0.2, 0.25) is 5.91 Å². The van der Waals surface area contributed by atoms with Crippen LogP contribution in [0.1, 0.15) is 174 Å². The molecule has 0 aliphatic carbocycles. The lowest BCUT2D eigenvalue weighted by Crippen LogP contribution is -2.45. The summed E-state index contributed by atoms with van der Waals surface area (Å²) >= 11 is 0. The highest BCUT2D eigenvalue weighted by atomic mass is 16.3. The van der Waals surface area contributed by atoms with Gasteiger partial charge < -0.3 is 20.6 Å². The molecule has 0 aromatic rings. The lowest BCUT2D eigenvalue weighted by Gasteiger charge is -2.20. The molecule has 43 heavy (non-hydrogen) atoms. The fourth-order valence-corrected chi connectivity index (χ4v) is 5.29. The zero-order chi connectivity index (χ0) is 31.6. The summed E-state index contributed by atoms with van der Waals surface area (Å²) in [6.45, 7) is 4.16. The highest BCUT2D eigenvalue weighted by molar-refractivity contribution is 5.76. The minimum Gasteiger partial charge on any atom is -0.394 e. The first-order valence-electron chi connectivity index (χ1n) is 18.3. The SMILES string of the molecule is CCCCCCCC/C=C/CC/C=C/C(O)C(CO)NC(=O)CC(O)CCCCC/C=C\CCCCCCCCCCC. The largest absolute Gasteiger partial charge is 0.394 e. The Bertz CT molecular complexity index is 675. The van der Waals surface area contributed by atoms with Crippen molar-refractivity contribution in [3.05, 3.63) is 36.5 Å². The van der Waals surface area contributed by atoms with Crippen LogP contribution in [0.4, 0.5) is 0 Å². The second-order valence-corrected chi connectivity index (χ2v) is 12.5. The van der Waals surface area contributed by atoms with Gasteiger partial charge in [0.15, 0.2) is 0 Å². The van der Waals surface area contributed by atoms with Gasteiger partial charge in [0.25, 0.3) is 0 Å². The van der Waals surface area contributed by atoms with E-state index in [1.54, 1.807) is 6.08 Å². The van der Waals surface area contributed by atoms with Gasteiger partial charge >= 0.3 is 0 Å². The van der Waals surface area contributed by atoms with Gasteiger partial charge in [0, 0.05) is 0 Å². The van der Waals surface area contributed by atoms with Crippen LogP contribution in [-0.4, -0.2) is 46.1 Å². The van der Waals surface area contributed by atoms with Crippen molar-refractivity contribution < 1.29 is 20.1 Å². The molecule has 0 saturated heterocycles. The van der Waals surface area contributed by atoms with E-state index in [0.29, 0.717) is 6.42 Å². The smallest absolute Gasteiger partial charge is 0.222 e. The summed E-state index contributed by atoms with van der Waals surface area (Å²) in [5.74, 6) is -0.337. The standard InChI is InChI=1S/C38H71NO4/c1-3-5-7-9-11-13-15-17-18-19-20-21-23-25-27-29-31-35(41)33-38(43)39-36(34-40)37(42)32-30-28-26-24-22-16-14-12-10-8-6-4-2/h20-22,24,30,32,35-37,40-42H,3-19,23,25-29,31,33-34H2,1-2H3,(H,39,43)/b21-20-,24-22+,32-30+. The number of aliphatic hydroxyl groups is 3. The van der Waals surface area contributed by atoms with Gasteiger partial charge in [-0.25, -0.2) is 0 Å². The molecule has 5 nitrogen and oxygen atoms in total. The molecule has 3 atom stereocenters. The number of hydrogen-bond acceptors (Lipinski definition) is 4. The Hall–Kier alpha value is -1.43. The molecule has 0 aromatic heterocycles. The third kappa shape index (κ3) is 30.4. The first kappa shape index (κ1) is 41.6. The number of nitrogens with one attached hydrogen (secondary N) is 1. The van der Waals surface area contributed by atoms with E-state index in [1.807, 2.05) is 6.08 Å². The van der Waals surface area contributed by atoms with E-state index in [1.165, 1.54) is 103 Å². The zero-order valence-electron chi connectivity index (χ0n) is 28.3. The normalized spacial score (nSPS) is 14.3. The van der Waals surface area contributed by atoms with E-state index in [0.717, 1.165) is 44.9 Å². The Labute approximate surface area is 266 Å². The van der Waals surface area contributed by atoms with Gasteiger partial charge in [-0.05, 0) is 57.8 Å². The maximum atomic E-state index is 12.3. The third-order valence-electron chi connectivity index (χ3n) is 8.15. The van der Waals surface area contributed by atoms with Gasteiger partial charge in [0.05, 0.1) is 31.3 Å².